The molecule has 3 heterocycles. The molecule has 1 aromatic rings. The van der Waals surface area contributed by atoms with Crippen LogP contribution < -0.4 is 0 Å². The lowest BCUT2D eigenvalue weighted by Gasteiger charge is -2.66. The second kappa shape index (κ2) is 11.5. The Morgan fingerprint density at radius 3 is 2.58 bits per heavy atom. The van der Waals surface area contributed by atoms with Crippen LogP contribution in [0.3, 0.4) is 0 Å². The molecule has 7 rings (SSSR count). The first kappa shape index (κ1) is 31.4. The predicted molar refractivity (Wildman–Crippen MR) is 164 cm³/mol. The number of rotatable bonds is 6. The molecular formula is C35H48N2O8. The van der Waals surface area contributed by atoms with Crippen molar-refractivity contribution in [3.05, 3.63) is 41.7 Å². The Morgan fingerprint density at radius 2 is 1.84 bits per heavy atom. The number of carbonyl (C=O) groups excluding carboxylic acids is 1. The molecule has 0 unspecified atom stereocenters. The predicted octanol–water partition coefficient (Wildman–Crippen LogP) is 3.25. The molecule has 2 aliphatic heterocycles. The number of pyridine rings is 1. The number of hydrogen-bond acceptors (Lipinski definition) is 10. The average Bonchev–Trinajstić information content (AvgIpc) is 3.56. The summed E-state index contributed by atoms with van der Waals surface area (Å²) in [4.78, 5) is 21.1. The highest BCUT2D eigenvalue weighted by molar-refractivity contribution is 5.85. The number of aliphatic hydroxyl groups is 4. The largest absolute Gasteiger partial charge is 0.458 e. The van der Waals surface area contributed by atoms with Crippen LogP contribution in [-0.4, -0.2) is 86.1 Å². The quantitative estimate of drug-likeness (QED) is 0.212. The Morgan fingerprint density at radius 1 is 1.07 bits per heavy atom. The number of aromatic nitrogens is 1. The summed E-state index contributed by atoms with van der Waals surface area (Å²) in [7, 11) is 0. The van der Waals surface area contributed by atoms with Gasteiger partial charge in [-0.05, 0) is 99.3 Å². The van der Waals surface area contributed by atoms with Crippen LogP contribution in [0.1, 0.15) is 83.6 Å². The van der Waals surface area contributed by atoms with Crippen molar-refractivity contribution in [2.45, 2.75) is 127 Å². The van der Waals surface area contributed by atoms with Gasteiger partial charge < -0.3 is 34.6 Å². The van der Waals surface area contributed by atoms with Gasteiger partial charge in [-0.1, -0.05) is 6.92 Å². The van der Waals surface area contributed by atoms with E-state index in [1.165, 1.54) is 0 Å². The van der Waals surface area contributed by atoms with E-state index in [0.717, 1.165) is 30.4 Å². The summed E-state index contributed by atoms with van der Waals surface area (Å²) in [5.41, 5.74) is -0.971. The molecule has 0 amide bonds. The van der Waals surface area contributed by atoms with Gasteiger partial charge in [-0.15, -0.1) is 0 Å². The summed E-state index contributed by atoms with van der Waals surface area (Å²) >= 11 is 0. The number of aliphatic imine (C=N–C) groups is 1. The smallest absolute Gasteiger partial charge is 0.331 e. The number of aliphatic hydroxyl groups excluding tert-OH is 2. The minimum atomic E-state index is -1.09. The molecular weight excluding hydrogens is 576 g/mol. The first-order valence-corrected chi connectivity index (χ1v) is 16.9. The molecule has 10 heteroatoms. The summed E-state index contributed by atoms with van der Waals surface area (Å²) in [6.45, 7) is 4.73. The van der Waals surface area contributed by atoms with Crippen LogP contribution in [0.4, 0.5) is 0 Å². The van der Waals surface area contributed by atoms with E-state index in [-0.39, 0.29) is 41.7 Å². The average molecular weight is 625 g/mol. The molecule has 246 valence electrons. The van der Waals surface area contributed by atoms with E-state index in [2.05, 4.69) is 11.9 Å². The topological polar surface area (TPSA) is 151 Å². The fraction of sp³-hybridized carbons (Fsp3) is 0.743. The molecule has 12 atom stereocenters. The fourth-order valence-corrected chi connectivity index (χ4v) is 10.6. The Bertz CT molecular complexity index is 1330. The third kappa shape index (κ3) is 5.02. The lowest BCUT2D eigenvalue weighted by atomic mass is 9.41. The van der Waals surface area contributed by atoms with Gasteiger partial charge in [0.1, 0.15) is 12.7 Å². The van der Waals surface area contributed by atoms with Gasteiger partial charge in [-0.25, -0.2) is 4.79 Å². The van der Waals surface area contributed by atoms with Crippen molar-refractivity contribution < 1.29 is 39.4 Å². The molecule has 4 saturated carbocycles. The molecule has 0 spiro atoms. The highest BCUT2D eigenvalue weighted by Gasteiger charge is 2.71. The Balaban J connectivity index is 1.17. The number of ether oxygens (including phenoxy) is 3. The van der Waals surface area contributed by atoms with E-state index < -0.39 is 41.2 Å². The van der Waals surface area contributed by atoms with Crippen LogP contribution in [0, 0.1) is 28.6 Å². The zero-order valence-electron chi connectivity index (χ0n) is 26.4. The van der Waals surface area contributed by atoms with Crippen molar-refractivity contribution in [2.24, 2.45) is 33.6 Å². The summed E-state index contributed by atoms with van der Waals surface area (Å²) in [5.74, 6) is -0.164. The lowest BCUT2D eigenvalue weighted by molar-refractivity contribution is -0.282. The third-order valence-corrected chi connectivity index (χ3v) is 13.0. The van der Waals surface area contributed by atoms with Crippen molar-refractivity contribution in [2.75, 3.05) is 6.61 Å². The molecule has 1 aromatic heterocycles. The number of nitrogens with zero attached hydrogens (tertiary/aromatic N) is 2. The van der Waals surface area contributed by atoms with E-state index in [9.17, 15) is 25.2 Å². The van der Waals surface area contributed by atoms with Crippen LogP contribution in [0.5, 0.6) is 0 Å². The van der Waals surface area contributed by atoms with Crippen LogP contribution >= 0.6 is 0 Å². The number of cyclic esters (lactones) is 1. The zero-order chi connectivity index (χ0) is 31.6. The van der Waals surface area contributed by atoms with Crippen molar-refractivity contribution in [3.8, 4) is 0 Å². The molecule has 4 N–H and O–H groups in total. The van der Waals surface area contributed by atoms with E-state index in [0.29, 0.717) is 51.7 Å². The molecule has 0 aromatic carbocycles. The molecule has 6 aliphatic rings. The van der Waals surface area contributed by atoms with Gasteiger partial charge in [0.15, 0.2) is 6.29 Å². The van der Waals surface area contributed by atoms with Gasteiger partial charge in [0, 0.05) is 48.4 Å². The fourth-order valence-electron chi connectivity index (χ4n) is 10.6. The van der Waals surface area contributed by atoms with Gasteiger partial charge in [0.2, 0.25) is 0 Å². The van der Waals surface area contributed by atoms with Gasteiger partial charge in [0.25, 0.3) is 0 Å². The minimum Gasteiger partial charge on any atom is -0.458 e. The second-order valence-corrected chi connectivity index (χ2v) is 15.0. The summed E-state index contributed by atoms with van der Waals surface area (Å²) in [6, 6.07) is 3.90. The molecule has 1 saturated heterocycles. The van der Waals surface area contributed by atoms with Gasteiger partial charge in [0.05, 0.1) is 36.1 Å². The second-order valence-electron chi connectivity index (χ2n) is 15.0. The van der Waals surface area contributed by atoms with E-state index >= 15 is 0 Å². The summed E-state index contributed by atoms with van der Waals surface area (Å²) in [6.07, 6.45) is 10.2. The van der Waals surface area contributed by atoms with Crippen molar-refractivity contribution >= 4 is 12.2 Å². The highest BCUT2D eigenvalue weighted by Crippen LogP contribution is 2.70. The van der Waals surface area contributed by atoms with E-state index in [1.54, 1.807) is 25.4 Å². The summed E-state index contributed by atoms with van der Waals surface area (Å²) < 4.78 is 17.5. The maximum absolute atomic E-state index is 12.7. The molecule has 45 heavy (non-hydrogen) atoms. The monoisotopic (exact) mass is 624 g/mol. The maximum Gasteiger partial charge on any atom is 0.331 e. The standard InChI is InChI=1S/C35H48N2O8/c1-21-31(40)28(38)16-30(44-21)45-24-3-10-33(20-37-18-22-7-13-36-14-8-22)26-4-9-32(2)25(23-15-29(39)43-19-23)6-12-35(32,42)27(26)5-11-34(33,41)17-24/h7-8,13-15,20-21,24-28,30-31,38,40-42H,3-6,9-12,16-19H2,1-2H3/t21-,24+,25+,26-,27+,28-,30+,31+,32-,33+,34-,35+/m1/s1. The first-order valence-electron chi connectivity index (χ1n) is 16.9. The Labute approximate surface area is 264 Å². The van der Waals surface area contributed by atoms with E-state index in [4.69, 9.17) is 19.2 Å². The van der Waals surface area contributed by atoms with Crippen molar-refractivity contribution in [1.29, 1.82) is 0 Å². The SMILES string of the molecule is C[C@H]1O[C@@H](O[C@H]2CC[C@]3(C=NCc4ccncc4)[C@@H]4CC[C@]5(C)[C@H](C6=CC(=O)OC6)CC[C@]5(O)[C@H]4CC[C@@]3(O)C2)C[C@@H](O)[C@H]1O. The number of fused-ring (bicyclic) bond motifs is 5. The highest BCUT2D eigenvalue weighted by atomic mass is 16.7. The third-order valence-electron chi connectivity index (χ3n) is 13.0. The molecule has 0 radical (unpaired) electrons. The maximum atomic E-state index is 12.7. The van der Waals surface area contributed by atoms with Crippen LogP contribution in [0.15, 0.2) is 41.2 Å². The zero-order valence-corrected chi connectivity index (χ0v) is 26.4. The first-order chi connectivity index (χ1) is 21.5. The number of hydrogen-bond donors (Lipinski definition) is 4. The molecule has 0 bridgehead atoms. The van der Waals surface area contributed by atoms with Crippen LogP contribution in [-0.2, 0) is 25.5 Å². The number of carbonyl (C=O) groups is 1. The van der Waals surface area contributed by atoms with Gasteiger partial charge in [-0.3, -0.25) is 9.98 Å². The van der Waals surface area contributed by atoms with Crippen LogP contribution in [0.25, 0.3) is 0 Å². The van der Waals surface area contributed by atoms with Crippen molar-refractivity contribution in [1.82, 2.24) is 4.98 Å². The normalized spacial score (nSPS) is 48.0. The molecule has 4 aliphatic carbocycles. The van der Waals surface area contributed by atoms with Gasteiger partial charge in [-0.2, -0.15) is 0 Å². The van der Waals surface area contributed by atoms with Gasteiger partial charge >= 0.3 is 5.97 Å². The Kier molecular flexibility index (Phi) is 8.02. The van der Waals surface area contributed by atoms with Crippen molar-refractivity contribution in [3.63, 3.8) is 0 Å². The molecule has 5 fully saturated rings. The van der Waals surface area contributed by atoms with Crippen LogP contribution in [0.2, 0.25) is 0 Å². The number of esters is 1. The lowest BCUT2D eigenvalue weighted by Crippen LogP contribution is -2.69. The molecule has 10 nitrogen and oxygen atoms in total. The Hall–Kier alpha value is -2.21. The van der Waals surface area contributed by atoms with E-state index in [1.807, 2.05) is 18.3 Å². The minimum absolute atomic E-state index is 0.0100. The summed E-state index contributed by atoms with van der Waals surface area (Å²) in [5, 5.41) is 45.9.